The van der Waals surface area contributed by atoms with Crippen molar-refractivity contribution in [2.45, 2.75) is 13.8 Å². The lowest BCUT2D eigenvalue weighted by atomic mass is 10.3. The van der Waals surface area contributed by atoms with E-state index in [0.717, 1.165) is 16.4 Å². The molecule has 0 fully saturated rings. The molecule has 0 amide bonds. The number of rotatable bonds is 6. The van der Waals surface area contributed by atoms with Crippen LogP contribution >= 0.6 is 0 Å². The van der Waals surface area contributed by atoms with Crippen molar-refractivity contribution in [1.82, 2.24) is 0 Å². The Kier molecular flexibility index (Phi) is 5.25. The van der Waals surface area contributed by atoms with Crippen molar-refractivity contribution in [2.24, 2.45) is 5.92 Å². The summed E-state index contributed by atoms with van der Waals surface area (Å²) in [5.41, 5.74) is -0.254. The molecule has 7 heteroatoms. The summed E-state index contributed by atoms with van der Waals surface area (Å²) in [6, 6.07) is 2.65. The third-order valence-corrected chi connectivity index (χ3v) is 4.50. The normalized spacial score (nSPS) is 11.9. The van der Waals surface area contributed by atoms with Gasteiger partial charge in [0.1, 0.15) is 11.6 Å². The number of sulfonamides is 1. The van der Waals surface area contributed by atoms with Gasteiger partial charge < -0.3 is 5.11 Å². The maximum Gasteiger partial charge on any atom is 0.235 e. The highest BCUT2D eigenvalue weighted by molar-refractivity contribution is 7.92. The van der Waals surface area contributed by atoms with Crippen LogP contribution in [0.3, 0.4) is 0 Å². The molecule has 1 aromatic carbocycles. The molecule has 108 valence electrons. The molecule has 19 heavy (non-hydrogen) atoms. The van der Waals surface area contributed by atoms with E-state index in [2.05, 4.69) is 0 Å². The molecule has 0 aliphatic rings. The lowest BCUT2D eigenvalue weighted by Gasteiger charge is -2.25. The summed E-state index contributed by atoms with van der Waals surface area (Å²) in [5.74, 6) is -2.08. The summed E-state index contributed by atoms with van der Waals surface area (Å²) in [6.07, 6.45) is 0. The smallest absolute Gasteiger partial charge is 0.235 e. The van der Waals surface area contributed by atoms with Crippen molar-refractivity contribution in [3.63, 3.8) is 0 Å². The van der Waals surface area contributed by atoms with E-state index < -0.39 is 28.3 Å². The van der Waals surface area contributed by atoms with Gasteiger partial charge in [0.15, 0.2) is 0 Å². The second-order valence-corrected chi connectivity index (χ2v) is 6.50. The Morgan fingerprint density at radius 1 is 1.32 bits per heavy atom. The molecule has 0 saturated heterocycles. The molecule has 0 radical (unpaired) electrons. The van der Waals surface area contributed by atoms with Gasteiger partial charge in [0.05, 0.1) is 24.6 Å². The third-order valence-electron chi connectivity index (χ3n) is 2.36. The third kappa shape index (κ3) is 4.14. The van der Waals surface area contributed by atoms with Crippen molar-refractivity contribution < 1.29 is 22.3 Å². The Bertz CT molecular complexity index is 532. The largest absolute Gasteiger partial charge is 0.394 e. The Labute approximate surface area is 111 Å². The van der Waals surface area contributed by atoms with Crippen molar-refractivity contribution in [2.75, 3.05) is 23.2 Å². The molecular formula is C12H17F2NO3S. The van der Waals surface area contributed by atoms with E-state index in [1.165, 1.54) is 0 Å². The van der Waals surface area contributed by atoms with Crippen LogP contribution in [0.15, 0.2) is 18.2 Å². The molecule has 0 aliphatic heterocycles. The number of hydrogen-bond acceptors (Lipinski definition) is 3. The highest BCUT2D eigenvalue weighted by Gasteiger charge is 2.25. The molecular weight excluding hydrogens is 276 g/mol. The SMILES string of the molecule is CC(C)CS(=O)(=O)N(CCO)c1ccc(F)cc1F. The molecule has 4 nitrogen and oxygen atoms in total. The van der Waals surface area contributed by atoms with Gasteiger partial charge in [-0.2, -0.15) is 0 Å². The van der Waals surface area contributed by atoms with E-state index in [4.69, 9.17) is 5.11 Å². The van der Waals surface area contributed by atoms with Crippen molar-refractivity contribution >= 4 is 15.7 Å². The Morgan fingerprint density at radius 3 is 2.42 bits per heavy atom. The van der Waals surface area contributed by atoms with Gasteiger partial charge >= 0.3 is 0 Å². The molecule has 0 aliphatic carbocycles. The molecule has 0 unspecified atom stereocenters. The fourth-order valence-corrected chi connectivity index (χ4v) is 3.52. The summed E-state index contributed by atoms with van der Waals surface area (Å²) in [4.78, 5) is 0. The highest BCUT2D eigenvalue weighted by Crippen LogP contribution is 2.23. The molecule has 0 bridgehead atoms. The van der Waals surface area contributed by atoms with E-state index in [9.17, 15) is 17.2 Å². The molecule has 1 rings (SSSR count). The zero-order valence-corrected chi connectivity index (χ0v) is 11.6. The van der Waals surface area contributed by atoms with Crippen molar-refractivity contribution in [3.8, 4) is 0 Å². The molecule has 1 N–H and O–H groups in total. The minimum atomic E-state index is -3.76. The second kappa shape index (κ2) is 6.29. The molecule has 0 aromatic heterocycles. The van der Waals surface area contributed by atoms with E-state index in [0.29, 0.717) is 6.07 Å². The Hall–Kier alpha value is -1.21. The first-order valence-electron chi connectivity index (χ1n) is 5.84. The summed E-state index contributed by atoms with van der Waals surface area (Å²) in [5, 5.41) is 8.94. The van der Waals surface area contributed by atoms with Crippen molar-refractivity contribution in [1.29, 1.82) is 0 Å². The minimum Gasteiger partial charge on any atom is -0.394 e. The standard InChI is InChI=1S/C12H17F2NO3S/c1-9(2)8-19(17,18)15(5-6-16)12-4-3-10(13)7-11(12)14/h3-4,7,9,16H,5-6,8H2,1-2H3. The van der Waals surface area contributed by atoms with Crippen LogP contribution in [0.1, 0.15) is 13.8 Å². The fourth-order valence-electron chi connectivity index (χ4n) is 1.69. The maximum atomic E-state index is 13.7. The molecule has 0 saturated carbocycles. The lowest BCUT2D eigenvalue weighted by molar-refractivity contribution is 0.306. The average Bonchev–Trinajstić information content (AvgIpc) is 2.25. The maximum absolute atomic E-state index is 13.7. The minimum absolute atomic E-state index is 0.144. The second-order valence-electron chi connectivity index (χ2n) is 4.56. The first-order valence-corrected chi connectivity index (χ1v) is 7.45. The van der Waals surface area contributed by atoms with Gasteiger partial charge in [-0.1, -0.05) is 13.8 Å². The van der Waals surface area contributed by atoms with Gasteiger partial charge in [0, 0.05) is 6.07 Å². The first kappa shape index (κ1) is 15.8. The van der Waals surface area contributed by atoms with Crippen LogP contribution in [0.4, 0.5) is 14.5 Å². The summed E-state index contributed by atoms with van der Waals surface area (Å²) in [6.45, 7) is 2.72. The van der Waals surface area contributed by atoms with Gasteiger partial charge in [-0.3, -0.25) is 4.31 Å². The highest BCUT2D eigenvalue weighted by atomic mass is 32.2. The summed E-state index contributed by atoms with van der Waals surface area (Å²) in [7, 11) is -3.76. The predicted octanol–water partition coefficient (Wildman–Crippen LogP) is 1.75. The molecule has 0 atom stereocenters. The van der Waals surface area contributed by atoms with E-state index in [1.54, 1.807) is 13.8 Å². The quantitative estimate of drug-likeness (QED) is 0.869. The monoisotopic (exact) mass is 293 g/mol. The zero-order valence-electron chi connectivity index (χ0n) is 10.8. The van der Waals surface area contributed by atoms with Gasteiger partial charge in [-0.25, -0.2) is 17.2 Å². The Morgan fingerprint density at radius 2 is 1.95 bits per heavy atom. The fraction of sp³-hybridized carbons (Fsp3) is 0.500. The van der Waals surface area contributed by atoms with E-state index in [1.807, 2.05) is 0 Å². The number of aliphatic hydroxyl groups is 1. The van der Waals surface area contributed by atoms with Crippen LogP contribution in [0.25, 0.3) is 0 Å². The number of anilines is 1. The number of hydrogen-bond donors (Lipinski definition) is 1. The summed E-state index contributed by atoms with van der Waals surface area (Å²) < 4.78 is 51.5. The topological polar surface area (TPSA) is 57.6 Å². The lowest BCUT2D eigenvalue weighted by Crippen LogP contribution is -2.37. The molecule has 0 spiro atoms. The zero-order chi connectivity index (χ0) is 14.6. The number of nitrogens with zero attached hydrogens (tertiary/aromatic N) is 1. The van der Waals surface area contributed by atoms with Crippen LogP contribution in [-0.2, 0) is 10.0 Å². The van der Waals surface area contributed by atoms with E-state index in [-0.39, 0.29) is 23.9 Å². The van der Waals surface area contributed by atoms with Crippen LogP contribution in [0, 0.1) is 17.6 Å². The van der Waals surface area contributed by atoms with Gasteiger partial charge in [0.2, 0.25) is 10.0 Å². The van der Waals surface area contributed by atoms with Crippen LogP contribution in [0.2, 0.25) is 0 Å². The van der Waals surface area contributed by atoms with E-state index >= 15 is 0 Å². The number of halogens is 2. The van der Waals surface area contributed by atoms with Gasteiger partial charge in [0.25, 0.3) is 0 Å². The van der Waals surface area contributed by atoms with Crippen LogP contribution in [-0.4, -0.2) is 32.4 Å². The van der Waals surface area contributed by atoms with Gasteiger partial charge in [-0.15, -0.1) is 0 Å². The summed E-state index contributed by atoms with van der Waals surface area (Å²) >= 11 is 0. The van der Waals surface area contributed by atoms with Crippen molar-refractivity contribution in [3.05, 3.63) is 29.8 Å². The molecule has 1 aromatic rings. The predicted molar refractivity (Wildman–Crippen MR) is 69.4 cm³/mol. The number of benzene rings is 1. The number of aliphatic hydroxyl groups excluding tert-OH is 1. The van der Waals surface area contributed by atoms with Crippen LogP contribution < -0.4 is 4.31 Å². The van der Waals surface area contributed by atoms with Gasteiger partial charge in [-0.05, 0) is 18.1 Å². The average molecular weight is 293 g/mol. The molecule has 0 heterocycles. The Balaban J connectivity index is 3.20. The van der Waals surface area contributed by atoms with Crippen LogP contribution in [0.5, 0.6) is 0 Å². The first-order chi connectivity index (χ1) is 8.77.